The minimum atomic E-state index is -0.268. The number of aromatic nitrogens is 2. The van der Waals surface area contributed by atoms with Crippen LogP contribution in [-0.2, 0) is 4.74 Å². The van der Waals surface area contributed by atoms with Gasteiger partial charge in [-0.05, 0) is 17.7 Å². The van der Waals surface area contributed by atoms with Crippen molar-refractivity contribution in [3.63, 3.8) is 0 Å². The summed E-state index contributed by atoms with van der Waals surface area (Å²) in [4.78, 5) is 7.76. The van der Waals surface area contributed by atoms with Crippen LogP contribution < -0.4 is 0 Å². The molecule has 0 fully saturated rings. The third-order valence-electron chi connectivity index (χ3n) is 3.24. The van der Waals surface area contributed by atoms with Crippen molar-refractivity contribution in [1.82, 2.24) is 9.97 Å². The molecule has 0 amide bonds. The van der Waals surface area contributed by atoms with Crippen LogP contribution in [0.2, 0.25) is 0 Å². The molecule has 20 heavy (non-hydrogen) atoms. The van der Waals surface area contributed by atoms with Gasteiger partial charge in [0.15, 0.2) is 0 Å². The predicted octanol–water partition coefficient (Wildman–Crippen LogP) is 3.17. The van der Waals surface area contributed by atoms with Crippen molar-refractivity contribution in [2.75, 3.05) is 7.11 Å². The molecule has 0 saturated carbocycles. The molecule has 0 aliphatic carbocycles. The summed E-state index contributed by atoms with van der Waals surface area (Å²) >= 11 is 0. The number of nitriles is 1. The van der Waals surface area contributed by atoms with Crippen LogP contribution in [0.1, 0.15) is 23.1 Å². The standard InChI is InChI=1S/C16H13N3O/c1-20-15(11-6-3-2-4-7-11)16-18-13-9-5-8-12(10-17)14(13)19-16/h2-9,15H,1H3,(H,18,19). The first kappa shape index (κ1) is 12.4. The first-order valence-corrected chi connectivity index (χ1v) is 6.30. The third kappa shape index (κ3) is 2.04. The van der Waals surface area contributed by atoms with Gasteiger partial charge in [0.05, 0.1) is 11.1 Å². The van der Waals surface area contributed by atoms with Gasteiger partial charge in [-0.15, -0.1) is 0 Å². The topological polar surface area (TPSA) is 61.7 Å². The molecule has 3 aromatic rings. The summed E-state index contributed by atoms with van der Waals surface area (Å²) in [6, 6.07) is 17.5. The minimum absolute atomic E-state index is 0.268. The molecule has 4 heteroatoms. The summed E-state index contributed by atoms with van der Waals surface area (Å²) in [5.41, 5.74) is 3.11. The van der Waals surface area contributed by atoms with Gasteiger partial charge in [-0.3, -0.25) is 0 Å². The predicted molar refractivity (Wildman–Crippen MR) is 76.1 cm³/mol. The Kier molecular flexibility index (Phi) is 3.20. The van der Waals surface area contributed by atoms with Gasteiger partial charge in [0.25, 0.3) is 0 Å². The minimum Gasteiger partial charge on any atom is -0.369 e. The van der Waals surface area contributed by atoms with Gasteiger partial charge in [0.1, 0.15) is 23.5 Å². The van der Waals surface area contributed by atoms with Crippen molar-refractivity contribution in [2.24, 2.45) is 0 Å². The highest BCUT2D eigenvalue weighted by atomic mass is 16.5. The van der Waals surface area contributed by atoms with E-state index in [1.54, 1.807) is 13.2 Å². The number of para-hydroxylation sites is 1. The number of ether oxygens (including phenoxy) is 1. The Hall–Kier alpha value is -2.64. The molecule has 0 radical (unpaired) electrons. The van der Waals surface area contributed by atoms with Gasteiger partial charge in [-0.25, -0.2) is 4.98 Å². The average Bonchev–Trinajstić information content (AvgIpc) is 2.92. The van der Waals surface area contributed by atoms with Gasteiger partial charge in [0, 0.05) is 7.11 Å². The molecule has 1 aromatic heterocycles. The molecule has 0 saturated heterocycles. The van der Waals surface area contributed by atoms with Crippen LogP contribution in [0.5, 0.6) is 0 Å². The number of fused-ring (bicyclic) bond motifs is 1. The van der Waals surface area contributed by atoms with E-state index in [9.17, 15) is 0 Å². The smallest absolute Gasteiger partial charge is 0.141 e. The number of aromatic amines is 1. The van der Waals surface area contributed by atoms with E-state index in [1.165, 1.54) is 0 Å². The van der Waals surface area contributed by atoms with E-state index in [0.29, 0.717) is 16.9 Å². The van der Waals surface area contributed by atoms with E-state index in [0.717, 1.165) is 11.1 Å². The zero-order valence-electron chi connectivity index (χ0n) is 11.0. The number of H-pyrrole nitrogens is 1. The SMILES string of the molecule is COC(c1ccccc1)c1nc2c(C#N)cccc2[nH]1. The number of benzene rings is 2. The van der Waals surface area contributed by atoms with Gasteiger partial charge < -0.3 is 9.72 Å². The molecule has 2 aromatic carbocycles. The van der Waals surface area contributed by atoms with Crippen molar-refractivity contribution in [3.8, 4) is 6.07 Å². The van der Waals surface area contributed by atoms with Crippen molar-refractivity contribution >= 4 is 11.0 Å². The second-order valence-corrected chi connectivity index (χ2v) is 4.46. The molecule has 1 N–H and O–H groups in total. The highest BCUT2D eigenvalue weighted by Crippen LogP contribution is 2.26. The van der Waals surface area contributed by atoms with Crippen LogP contribution in [0.3, 0.4) is 0 Å². The highest BCUT2D eigenvalue weighted by molar-refractivity contribution is 5.81. The van der Waals surface area contributed by atoms with Crippen LogP contribution in [0.25, 0.3) is 11.0 Å². The molecular weight excluding hydrogens is 250 g/mol. The van der Waals surface area contributed by atoms with Crippen LogP contribution >= 0.6 is 0 Å². The summed E-state index contributed by atoms with van der Waals surface area (Å²) in [7, 11) is 1.65. The van der Waals surface area contributed by atoms with E-state index < -0.39 is 0 Å². The molecule has 3 rings (SSSR count). The molecule has 98 valence electrons. The Morgan fingerprint density at radius 1 is 1.15 bits per heavy atom. The van der Waals surface area contributed by atoms with Crippen molar-refractivity contribution in [2.45, 2.75) is 6.10 Å². The summed E-state index contributed by atoms with van der Waals surface area (Å²) in [5.74, 6) is 0.705. The number of rotatable bonds is 3. The molecule has 4 nitrogen and oxygen atoms in total. The molecule has 1 atom stereocenters. The summed E-state index contributed by atoms with van der Waals surface area (Å²) in [6.45, 7) is 0. The largest absolute Gasteiger partial charge is 0.369 e. The fraction of sp³-hybridized carbons (Fsp3) is 0.125. The van der Waals surface area contributed by atoms with Crippen molar-refractivity contribution < 1.29 is 4.74 Å². The fourth-order valence-electron chi connectivity index (χ4n) is 2.30. The van der Waals surface area contributed by atoms with Crippen LogP contribution in [0, 0.1) is 11.3 Å². The number of hydrogen-bond donors (Lipinski definition) is 1. The Balaban J connectivity index is 2.12. The number of nitrogens with zero attached hydrogens (tertiary/aromatic N) is 2. The number of methoxy groups -OCH3 is 1. The lowest BCUT2D eigenvalue weighted by molar-refractivity contribution is 0.130. The zero-order chi connectivity index (χ0) is 13.9. The Morgan fingerprint density at radius 2 is 1.95 bits per heavy atom. The van der Waals surface area contributed by atoms with E-state index in [2.05, 4.69) is 16.0 Å². The number of imidazole rings is 1. The molecule has 1 heterocycles. The van der Waals surface area contributed by atoms with Gasteiger partial charge in [-0.2, -0.15) is 5.26 Å². The Bertz CT molecular complexity index is 771. The summed E-state index contributed by atoms with van der Waals surface area (Å²) in [5, 5.41) is 9.12. The average molecular weight is 263 g/mol. The monoisotopic (exact) mass is 263 g/mol. The quantitative estimate of drug-likeness (QED) is 0.789. The van der Waals surface area contributed by atoms with Crippen LogP contribution in [-0.4, -0.2) is 17.1 Å². The first-order chi connectivity index (χ1) is 9.83. The number of hydrogen-bond acceptors (Lipinski definition) is 3. The normalized spacial score (nSPS) is 12.2. The van der Waals surface area contributed by atoms with E-state index >= 15 is 0 Å². The molecule has 0 spiro atoms. The zero-order valence-corrected chi connectivity index (χ0v) is 11.0. The molecular formula is C16H13N3O. The van der Waals surface area contributed by atoms with Gasteiger partial charge >= 0.3 is 0 Å². The van der Waals surface area contributed by atoms with E-state index in [1.807, 2.05) is 42.5 Å². The summed E-state index contributed by atoms with van der Waals surface area (Å²) in [6.07, 6.45) is -0.268. The van der Waals surface area contributed by atoms with Crippen molar-refractivity contribution in [1.29, 1.82) is 5.26 Å². The van der Waals surface area contributed by atoms with E-state index in [-0.39, 0.29) is 6.10 Å². The lowest BCUT2D eigenvalue weighted by Gasteiger charge is -2.12. The van der Waals surface area contributed by atoms with Crippen molar-refractivity contribution in [3.05, 3.63) is 65.5 Å². The third-order valence-corrected chi connectivity index (χ3v) is 3.24. The Labute approximate surface area is 116 Å². The second-order valence-electron chi connectivity index (χ2n) is 4.46. The summed E-state index contributed by atoms with van der Waals surface area (Å²) < 4.78 is 5.55. The fourth-order valence-corrected chi connectivity index (χ4v) is 2.30. The van der Waals surface area contributed by atoms with Gasteiger partial charge in [0.2, 0.25) is 0 Å². The molecule has 1 unspecified atom stereocenters. The Morgan fingerprint density at radius 3 is 2.65 bits per heavy atom. The first-order valence-electron chi connectivity index (χ1n) is 6.30. The lowest BCUT2D eigenvalue weighted by Crippen LogP contribution is -2.05. The maximum Gasteiger partial charge on any atom is 0.141 e. The highest BCUT2D eigenvalue weighted by Gasteiger charge is 2.18. The number of nitrogens with one attached hydrogen (secondary N) is 1. The lowest BCUT2D eigenvalue weighted by atomic mass is 10.1. The van der Waals surface area contributed by atoms with Crippen LogP contribution in [0.4, 0.5) is 0 Å². The maximum absolute atomic E-state index is 9.12. The maximum atomic E-state index is 9.12. The molecule has 0 aliphatic heterocycles. The van der Waals surface area contributed by atoms with Crippen LogP contribution in [0.15, 0.2) is 48.5 Å². The van der Waals surface area contributed by atoms with E-state index in [4.69, 9.17) is 10.00 Å². The molecule has 0 bridgehead atoms. The molecule has 0 aliphatic rings. The van der Waals surface area contributed by atoms with Gasteiger partial charge in [-0.1, -0.05) is 36.4 Å². The second kappa shape index (κ2) is 5.16.